The molecular weight excluding hydrogens is 450 g/mol. The molecule has 2 aliphatic rings. The first kappa shape index (κ1) is 18.4. The summed E-state index contributed by atoms with van der Waals surface area (Å²) >= 11 is 4.92. The molecule has 0 amide bonds. The lowest BCUT2D eigenvalue weighted by molar-refractivity contribution is 0.403. The molecule has 27 heavy (non-hydrogen) atoms. The zero-order chi connectivity index (χ0) is 19.0. The van der Waals surface area contributed by atoms with Gasteiger partial charge in [0.15, 0.2) is 5.17 Å². The molecule has 0 aliphatic carbocycles. The van der Waals surface area contributed by atoms with Crippen molar-refractivity contribution in [1.82, 2.24) is 4.90 Å². The van der Waals surface area contributed by atoms with Gasteiger partial charge in [-0.1, -0.05) is 39.8 Å². The van der Waals surface area contributed by atoms with Crippen LogP contribution < -0.4 is 9.46 Å². The smallest absolute Gasteiger partial charge is 0.265 e. The molecule has 4 rings (SSSR count). The second kappa shape index (κ2) is 7.21. The van der Waals surface area contributed by atoms with Crippen LogP contribution in [0.4, 0.5) is 5.69 Å². The Morgan fingerprint density at radius 3 is 2.74 bits per heavy atom. The van der Waals surface area contributed by atoms with Crippen LogP contribution in [0, 0.1) is 0 Å². The van der Waals surface area contributed by atoms with Crippen LogP contribution in [0.2, 0.25) is 0 Å². The van der Waals surface area contributed by atoms with Crippen LogP contribution in [-0.4, -0.2) is 38.7 Å². The van der Waals surface area contributed by atoms with Gasteiger partial charge >= 0.3 is 0 Å². The quantitative estimate of drug-likeness (QED) is 0.722. The van der Waals surface area contributed by atoms with Crippen molar-refractivity contribution in [2.24, 2.45) is 4.99 Å². The maximum absolute atomic E-state index is 12.8. The summed E-state index contributed by atoms with van der Waals surface area (Å²) in [5.74, 6) is 0.288. The number of hydrogen-bond donors (Lipinski definition) is 1. The van der Waals surface area contributed by atoms with Gasteiger partial charge in [0, 0.05) is 22.1 Å². The number of halogens is 1. The van der Waals surface area contributed by atoms with E-state index in [2.05, 4.69) is 36.0 Å². The topological polar surface area (TPSA) is 71.0 Å². The van der Waals surface area contributed by atoms with Crippen molar-refractivity contribution in [2.45, 2.75) is 4.90 Å². The van der Waals surface area contributed by atoms with Crippen LogP contribution >= 0.6 is 27.7 Å². The molecule has 2 heterocycles. The highest BCUT2D eigenvalue weighted by Crippen LogP contribution is 2.36. The number of nitrogens with zero attached hydrogens (tertiary/aromatic N) is 2. The molecule has 6 nitrogen and oxygen atoms in total. The van der Waals surface area contributed by atoms with Gasteiger partial charge in [0.2, 0.25) is 0 Å². The van der Waals surface area contributed by atoms with Crippen molar-refractivity contribution in [3.63, 3.8) is 0 Å². The average Bonchev–Trinajstić information content (AvgIpc) is 3.26. The van der Waals surface area contributed by atoms with Crippen LogP contribution in [0.1, 0.15) is 5.56 Å². The fourth-order valence-electron chi connectivity index (χ4n) is 2.93. The minimum atomic E-state index is -3.78. The largest absolute Gasteiger partial charge is 0.495 e. The van der Waals surface area contributed by atoms with E-state index in [4.69, 9.17) is 4.74 Å². The van der Waals surface area contributed by atoms with Gasteiger partial charge in [-0.15, -0.1) is 0 Å². The second-order valence-corrected chi connectivity index (χ2v) is 9.32. The number of methoxy groups -OCH3 is 1. The monoisotopic (exact) mass is 465 g/mol. The molecule has 0 radical (unpaired) electrons. The number of hydrogen-bond acceptors (Lipinski definition) is 6. The lowest BCUT2D eigenvalue weighted by Gasteiger charge is -2.17. The highest BCUT2D eigenvalue weighted by atomic mass is 79.9. The maximum atomic E-state index is 12.8. The van der Waals surface area contributed by atoms with Crippen LogP contribution in [0.15, 0.2) is 62.2 Å². The van der Waals surface area contributed by atoms with Gasteiger partial charge in [-0.2, -0.15) is 0 Å². The molecule has 2 aromatic carbocycles. The Kier molecular flexibility index (Phi) is 4.92. The van der Waals surface area contributed by atoms with E-state index < -0.39 is 10.0 Å². The number of ether oxygens (including phenoxy) is 1. The third kappa shape index (κ3) is 3.59. The summed E-state index contributed by atoms with van der Waals surface area (Å²) in [6.45, 7) is 1.69. The maximum Gasteiger partial charge on any atom is 0.265 e. The van der Waals surface area contributed by atoms with Gasteiger partial charge in [-0.25, -0.2) is 8.42 Å². The molecule has 0 spiro atoms. The van der Waals surface area contributed by atoms with Gasteiger partial charge in [-0.3, -0.25) is 9.71 Å². The number of benzene rings is 2. The molecule has 0 atom stereocenters. The van der Waals surface area contributed by atoms with Gasteiger partial charge in [0.25, 0.3) is 10.0 Å². The first-order valence-electron chi connectivity index (χ1n) is 8.13. The molecule has 0 aromatic heterocycles. The van der Waals surface area contributed by atoms with Crippen molar-refractivity contribution in [3.05, 3.63) is 57.9 Å². The third-order valence-corrected chi connectivity index (χ3v) is 7.01. The minimum absolute atomic E-state index is 0.0799. The SMILES string of the molecule is COc1ccc(Br)cc1S(=O)(=O)Nc1ccc(C2=CSC3=NCCN23)cc1. The number of fused-ring (bicyclic) bond motifs is 1. The minimum Gasteiger partial charge on any atom is -0.495 e. The van der Waals surface area contributed by atoms with Gasteiger partial charge in [0.05, 0.1) is 19.4 Å². The van der Waals surface area contributed by atoms with Crippen LogP contribution in [0.25, 0.3) is 5.70 Å². The summed E-state index contributed by atoms with van der Waals surface area (Å²) in [5.41, 5.74) is 2.61. The summed E-state index contributed by atoms with van der Waals surface area (Å²) in [4.78, 5) is 6.70. The van der Waals surface area contributed by atoms with E-state index in [1.165, 1.54) is 13.2 Å². The molecule has 9 heteroatoms. The van der Waals surface area contributed by atoms with E-state index in [9.17, 15) is 8.42 Å². The summed E-state index contributed by atoms with van der Waals surface area (Å²) in [5, 5.41) is 3.10. The predicted molar refractivity (Wildman–Crippen MR) is 113 cm³/mol. The Morgan fingerprint density at radius 1 is 1.22 bits per heavy atom. The number of aliphatic imine (C=N–C) groups is 1. The van der Waals surface area contributed by atoms with Crippen molar-refractivity contribution in [1.29, 1.82) is 0 Å². The second-order valence-electron chi connectivity index (χ2n) is 5.91. The van der Waals surface area contributed by atoms with Crippen LogP contribution in [0.5, 0.6) is 5.75 Å². The van der Waals surface area contributed by atoms with Gasteiger partial charge < -0.3 is 9.64 Å². The van der Waals surface area contributed by atoms with E-state index in [1.54, 1.807) is 36.0 Å². The number of nitrogens with one attached hydrogen (secondary N) is 1. The lowest BCUT2D eigenvalue weighted by Crippen LogP contribution is -2.19. The number of rotatable bonds is 5. The van der Waals surface area contributed by atoms with E-state index in [0.29, 0.717) is 10.2 Å². The molecule has 0 bridgehead atoms. The number of thioether (sulfide) groups is 1. The molecule has 0 unspecified atom stereocenters. The lowest BCUT2D eigenvalue weighted by atomic mass is 10.1. The summed E-state index contributed by atoms with van der Waals surface area (Å²) < 4.78 is 34.0. The normalized spacial score (nSPS) is 16.0. The fourth-order valence-corrected chi connectivity index (χ4v) is 5.66. The summed E-state index contributed by atoms with van der Waals surface area (Å²) in [7, 11) is -2.33. The highest BCUT2D eigenvalue weighted by Gasteiger charge is 2.27. The molecule has 2 aromatic rings. The predicted octanol–water partition coefficient (Wildman–Crippen LogP) is 3.98. The Hall–Kier alpha value is -1.97. The molecule has 0 saturated heterocycles. The first-order chi connectivity index (χ1) is 13.0. The average molecular weight is 466 g/mol. The van der Waals surface area contributed by atoms with Gasteiger partial charge in [-0.05, 0) is 35.9 Å². The van der Waals surface area contributed by atoms with E-state index >= 15 is 0 Å². The number of sulfonamides is 1. The molecule has 140 valence electrons. The molecule has 1 N–H and O–H groups in total. The Balaban J connectivity index is 1.57. The van der Waals surface area contributed by atoms with E-state index in [1.807, 2.05) is 12.1 Å². The zero-order valence-electron chi connectivity index (χ0n) is 14.3. The van der Waals surface area contributed by atoms with E-state index in [-0.39, 0.29) is 10.6 Å². The first-order valence-corrected chi connectivity index (χ1v) is 11.3. The van der Waals surface area contributed by atoms with Crippen molar-refractivity contribution in [2.75, 3.05) is 24.9 Å². The van der Waals surface area contributed by atoms with Crippen LogP contribution in [-0.2, 0) is 10.0 Å². The summed E-state index contributed by atoms with van der Waals surface area (Å²) in [6, 6.07) is 12.2. The highest BCUT2D eigenvalue weighted by molar-refractivity contribution is 9.10. The molecular formula is C18H16BrN3O3S2. The standard InChI is InChI=1S/C18H16BrN3O3S2/c1-25-16-7-4-13(19)10-17(16)27(23,24)21-14-5-2-12(3-6-14)15-11-26-18-20-8-9-22(15)18/h2-7,10-11,21H,8-9H2,1H3. The van der Waals surface area contributed by atoms with Gasteiger partial charge in [0.1, 0.15) is 10.6 Å². The number of amidine groups is 1. The Bertz CT molecular complexity index is 1050. The van der Waals surface area contributed by atoms with E-state index in [0.717, 1.165) is 29.5 Å². The van der Waals surface area contributed by atoms with Crippen LogP contribution in [0.3, 0.4) is 0 Å². The number of anilines is 1. The van der Waals surface area contributed by atoms with Crippen molar-refractivity contribution < 1.29 is 13.2 Å². The molecule has 0 fully saturated rings. The van der Waals surface area contributed by atoms with Crippen molar-refractivity contribution >= 4 is 54.3 Å². The zero-order valence-corrected chi connectivity index (χ0v) is 17.6. The third-order valence-electron chi connectivity index (χ3n) is 4.22. The summed E-state index contributed by atoms with van der Waals surface area (Å²) in [6.07, 6.45) is 0. The van der Waals surface area contributed by atoms with Crippen molar-refractivity contribution in [3.8, 4) is 5.75 Å². The Morgan fingerprint density at radius 2 is 2.00 bits per heavy atom. The molecule has 2 aliphatic heterocycles. The molecule has 0 saturated carbocycles. The fraction of sp³-hybridized carbons (Fsp3) is 0.167. The Labute approximate surface area is 170 Å².